The minimum Gasteiger partial charge on any atom is -0.308 e. The first-order chi connectivity index (χ1) is 13.8. The molecule has 0 bridgehead atoms. The van der Waals surface area contributed by atoms with Crippen molar-refractivity contribution >= 4 is 48.3 Å². The van der Waals surface area contributed by atoms with Crippen molar-refractivity contribution in [2.75, 3.05) is 18.5 Å². The van der Waals surface area contributed by atoms with E-state index in [1.165, 1.54) is 7.05 Å². The van der Waals surface area contributed by atoms with Crippen LogP contribution in [0.5, 0.6) is 0 Å². The average Bonchev–Trinajstić information content (AvgIpc) is 3.02. The topological polar surface area (TPSA) is 57.7 Å². The molecule has 150 valence electrons. The van der Waals surface area contributed by atoms with E-state index in [9.17, 15) is 13.2 Å². The molecule has 1 amide bonds. The first-order valence-electron chi connectivity index (χ1n) is 9.33. The Morgan fingerprint density at radius 3 is 2.59 bits per heavy atom. The summed E-state index contributed by atoms with van der Waals surface area (Å²) in [6.07, 6.45) is 0.752. The van der Waals surface area contributed by atoms with Gasteiger partial charge in [-0.05, 0) is 60.0 Å². The summed E-state index contributed by atoms with van der Waals surface area (Å²) in [5.41, 5.74) is 1.93. The maximum Gasteiger partial charge on any atom is 0.243 e. The van der Waals surface area contributed by atoms with Gasteiger partial charge in [-0.25, -0.2) is 8.42 Å². The molecule has 0 spiro atoms. The molecule has 29 heavy (non-hydrogen) atoms. The molecule has 0 saturated heterocycles. The van der Waals surface area contributed by atoms with Gasteiger partial charge in [0.2, 0.25) is 15.9 Å². The van der Waals surface area contributed by atoms with E-state index in [1.54, 1.807) is 23.1 Å². The third kappa shape index (κ3) is 3.70. The van der Waals surface area contributed by atoms with Gasteiger partial charge >= 0.3 is 0 Å². The van der Waals surface area contributed by atoms with Gasteiger partial charge in [0.05, 0.1) is 11.4 Å². The fourth-order valence-corrected chi connectivity index (χ4v) is 5.40. The first-order valence-corrected chi connectivity index (χ1v) is 11.6. The summed E-state index contributed by atoms with van der Waals surface area (Å²) in [4.78, 5) is 14.9. The quantitative estimate of drug-likeness (QED) is 0.571. The summed E-state index contributed by atoms with van der Waals surface area (Å²) in [5.74, 6) is -0.231. The number of likely N-dealkylation sites (N-methyl/N-ethyl adjacent to an activating group) is 1. The Morgan fingerprint density at radius 1 is 1.10 bits per heavy atom. The molecule has 0 aliphatic carbocycles. The third-order valence-electron chi connectivity index (χ3n) is 5.31. The molecular formula is C22H21BrN2O3S. The molecule has 7 heteroatoms. The number of carbonyl (C=O) groups excluding carboxylic acids is 1. The molecule has 1 heterocycles. The number of anilines is 1. The highest BCUT2D eigenvalue weighted by molar-refractivity contribution is 9.10. The van der Waals surface area contributed by atoms with Crippen LogP contribution in [0.2, 0.25) is 0 Å². The SMILES string of the molecule is CC1Cc2cc(Br)ccc2N1C(=O)CN(C)S(=O)(=O)c1ccc2ccccc2c1. The molecule has 3 aromatic rings. The van der Waals surface area contributed by atoms with Crippen molar-refractivity contribution in [2.45, 2.75) is 24.3 Å². The molecular weight excluding hydrogens is 452 g/mol. The van der Waals surface area contributed by atoms with Gasteiger partial charge in [0.15, 0.2) is 0 Å². The van der Waals surface area contributed by atoms with Crippen LogP contribution in [0.15, 0.2) is 70.0 Å². The smallest absolute Gasteiger partial charge is 0.243 e. The molecule has 3 aromatic carbocycles. The first kappa shape index (κ1) is 20.1. The van der Waals surface area contributed by atoms with Crippen molar-refractivity contribution in [3.8, 4) is 0 Å². The predicted molar refractivity (Wildman–Crippen MR) is 119 cm³/mol. The lowest BCUT2D eigenvalue weighted by atomic mass is 10.1. The van der Waals surface area contributed by atoms with Crippen molar-refractivity contribution < 1.29 is 13.2 Å². The zero-order valence-electron chi connectivity index (χ0n) is 16.2. The second-order valence-electron chi connectivity index (χ2n) is 7.36. The second-order valence-corrected chi connectivity index (χ2v) is 10.3. The highest BCUT2D eigenvalue weighted by Gasteiger charge is 2.33. The molecule has 1 aliphatic rings. The lowest BCUT2D eigenvalue weighted by Gasteiger charge is -2.25. The van der Waals surface area contributed by atoms with Crippen LogP contribution in [0, 0.1) is 0 Å². The summed E-state index contributed by atoms with van der Waals surface area (Å²) in [5, 5.41) is 1.82. The van der Waals surface area contributed by atoms with Crippen LogP contribution >= 0.6 is 15.9 Å². The largest absolute Gasteiger partial charge is 0.308 e. The van der Waals surface area contributed by atoms with E-state index in [0.29, 0.717) is 0 Å². The number of hydrogen-bond donors (Lipinski definition) is 0. The van der Waals surface area contributed by atoms with Crippen LogP contribution in [0.25, 0.3) is 10.8 Å². The van der Waals surface area contributed by atoms with Crippen LogP contribution in [0.1, 0.15) is 12.5 Å². The molecule has 0 radical (unpaired) electrons. The third-order valence-corrected chi connectivity index (χ3v) is 7.61. The van der Waals surface area contributed by atoms with Crippen LogP contribution in [-0.4, -0.2) is 38.3 Å². The zero-order chi connectivity index (χ0) is 20.8. The van der Waals surface area contributed by atoms with Crippen LogP contribution < -0.4 is 4.90 Å². The number of nitrogens with zero attached hydrogens (tertiary/aromatic N) is 2. The maximum absolute atomic E-state index is 13.0. The monoisotopic (exact) mass is 472 g/mol. The molecule has 0 saturated carbocycles. The summed E-state index contributed by atoms with van der Waals surface area (Å²) in [6, 6.07) is 18.4. The lowest BCUT2D eigenvalue weighted by molar-refractivity contribution is -0.118. The number of benzene rings is 3. The fourth-order valence-electron chi connectivity index (χ4n) is 3.84. The number of fused-ring (bicyclic) bond motifs is 2. The Hall–Kier alpha value is -2.22. The van der Waals surface area contributed by atoms with Crippen molar-refractivity contribution in [1.82, 2.24) is 4.31 Å². The molecule has 1 unspecified atom stereocenters. The predicted octanol–water partition coefficient (Wildman–Crippen LogP) is 4.20. The average molecular weight is 473 g/mol. The molecule has 1 aliphatic heterocycles. The van der Waals surface area contributed by atoms with Gasteiger partial charge in [0, 0.05) is 23.2 Å². The van der Waals surface area contributed by atoms with Crippen molar-refractivity contribution in [2.24, 2.45) is 0 Å². The Morgan fingerprint density at radius 2 is 1.83 bits per heavy atom. The minimum atomic E-state index is -3.78. The van der Waals surface area contributed by atoms with Gasteiger partial charge in [-0.1, -0.05) is 46.3 Å². The second kappa shape index (κ2) is 7.55. The normalized spacial score (nSPS) is 16.4. The van der Waals surface area contributed by atoms with Crippen LogP contribution in [-0.2, 0) is 21.2 Å². The van der Waals surface area contributed by atoms with Gasteiger partial charge in [-0.2, -0.15) is 4.31 Å². The van der Waals surface area contributed by atoms with Gasteiger partial charge in [0.1, 0.15) is 0 Å². The Balaban J connectivity index is 1.58. The van der Waals surface area contributed by atoms with E-state index in [0.717, 1.165) is 37.2 Å². The van der Waals surface area contributed by atoms with Gasteiger partial charge in [-0.3, -0.25) is 4.79 Å². The van der Waals surface area contributed by atoms with E-state index >= 15 is 0 Å². The molecule has 5 nitrogen and oxygen atoms in total. The number of carbonyl (C=O) groups is 1. The Kier molecular flexibility index (Phi) is 5.23. The molecule has 4 rings (SSSR count). The Labute approximate surface area is 179 Å². The Bertz CT molecular complexity index is 1210. The summed E-state index contributed by atoms with van der Waals surface area (Å²) >= 11 is 3.46. The minimum absolute atomic E-state index is 0.0106. The zero-order valence-corrected chi connectivity index (χ0v) is 18.6. The fraction of sp³-hybridized carbons (Fsp3) is 0.227. The molecule has 0 aromatic heterocycles. The highest BCUT2D eigenvalue weighted by atomic mass is 79.9. The lowest BCUT2D eigenvalue weighted by Crippen LogP contribution is -2.43. The number of amides is 1. The van der Waals surface area contributed by atoms with E-state index in [-0.39, 0.29) is 23.4 Å². The molecule has 0 N–H and O–H groups in total. The van der Waals surface area contributed by atoms with Gasteiger partial charge < -0.3 is 4.90 Å². The van der Waals surface area contributed by atoms with Crippen molar-refractivity contribution in [1.29, 1.82) is 0 Å². The van der Waals surface area contributed by atoms with Crippen LogP contribution in [0.4, 0.5) is 5.69 Å². The van der Waals surface area contributed by atoms with E-state index < -0.39 is 10.0 Å². The standard InChI is InChI=1S/C22H21BrN2O3S/c1-15-11-18-12-19(23)8-10-21(18)25(15)22(26)14-24(2)29(27,28)20-9-7-16-5-3-4-6-17(16)13-20/h3-10,12-13,15H,11,14H2,1-2H3. The van der Waals surface area contributed by atoms with Crippen molar-refractivity contribution in [3.63, 3.8) is 0 Å². The van der Waals surface area contributed by atoms with E-state index in [2.05, 4.69) is 15.9 Å². The van der Waals surface area contributed by atoms with E-state index in [1.807, 2.05) is 49.4 Å². The van der Waals surface area contributed by atoms with Crippen LogP contribution in [0.3, 0.4) is 0 Å². The number of hydrogen-bond acceptors (Lipinski definition) is 3. The van der Waals surface area contributed by atoms with Crippen molar-refractivity contribution in [3.05, 3.63) is 70.7 Å². The number of halogens is 1. The number of sulfonamides is 1. The molecule has 0 fully saturated rings. The highest BCUT2D eigenvalue weighted by Crippen LogP contribution is 2.34. The number of rotatable bonds is 4. The summed E-state index contributed by atoms with van der Waals surface area (Å²) in [6.45, 7) is 1.76. The summed E-state index contributed by atoms with van der Waals surface area (Å²) in [7, 11) is -2.33. The van der Waals surface area contributed by atoms with E-state index in [4.69, 9.17) is 0 Å². The molecule has 1 atom stereocenters. The van der Waals surface area contributed by atoms with Gasteiger partial charge in [0.25, 0.3) is 0 Å². The maximum atomic E-state index is 13.0. The summed E-state index contributed by atoms with van der Waals surface area (Å²) < 4.78 is 28.2. The van der Waals surface area contributed by atoms with Gasteiger partial charge in [-0.15, -0.1) is 0 Å².